The Labute approximate surface area is 145 Å². The number of carbonyl (C=O) groups excluding carboxylic acids is 1. The molecule has 0 atom stereocenters. The number of likely N-dealkylation sites (tertiary alicyclic amines) is 1. The molecule has 1 aliphatic heterocycles. The fraction of sp³-hybridized carbons (Fsp3) is 0.278. The number of hydrogen-bond donors (Lipinski definition) is 1. The molecule has 0 unspecified atom stereocenters. The highest BCUT2D eigenvalue weighted by Crippen LogP contribution is 2.34. The van der Waals surface area contributed by atoms with Gasteiger partial charge in [-0.25, -0.2) is 0 Å². The first-order valence-corrected chi connectivity index (χ1v) is 8.34. The number of carbonyl (C=O) groups is 1. The van der Waals surface area contributed by atoms with E-state index in [4.69, 9.17) is 23.2 Å². The number of phenolic OH excluding ortho intramolecular Hbond substituents is 1. The first-order valence-electron chi connectivity index (χ1n) is 7.58. The Morgan fingerprint density at radius 2 is 1.61 bits per heavy atom. The number of amides is 1. The van der Waals surface area contributed by atoms with Gasteiger partial charge in [-0.15, -0.1) is 0 Å². The van der Waals surface area contributed by atoms with Crippen LogP contribution in [0.25, 0.3) is 0 Å². The summed E-state index contributed by atoms with van der Waals surface area (Å²) in [5.41, 5.74) is 1.74. The average molecular weight is 350 g/mol. The Balaban J connectivity index is 1.69. The maximum Gasteiger partial charge on any atom is 0.253 e. The molecule has 0 bridgehead atoms. The van der Waals surface area contributed by atoms with Gasteiger partial charge in [-0.05, 0) is 36.5 Å². The smallest absolute Gasteiger partial charge is 0.253 e. The first kappa shape index (κ1) is 16.2. The third kappa shape index (κ3) is 3.46. The molecule has 0 saturated carbocycles. The molecule has 1 saturated heterocycles. The summed E-state index contributed by atoms with van der Waals surface area (Å²) in [6.45, 7) is 1.41. The van der Waals surface area contributed by atoms with Crippen LogP contribution in [0.15, 0.2) is 42.5 Å². The van der Waals surface area contributed by atoms with E-state index in [9.17, 15) is 9.90 Å². The lowest BCUT2D eigenvalue weighted by Gasteiger charge is -2.32. The van der Waals surface area contributed by atoms with Crippen LogP contribution in [0.5, 0.6) is 5.75 Å². The van der Waals surface area contributed by atoms with Gasteiger partial charge in [0, 0.05) is 18.7 Å². The van der Waals surface area contributed by atoms with Crippen molar-refractivity contribution < 1.29 is 9.90 Å². The van der Waals surface area contributed by atoms with Crippen LogP contribution < -0.4 is 0 Å². The van der Waals surface area contributed by atoms with Gasteiger partial charge in [0.25, 0.3) is 5.91 Å². The van der Waals surface area contributed by atoms with Crippen molar-refractivity contribution in [3.8, 4) is 5.75 Å². The van der Waals surface area contributed by atoms with Gasteiger partial charge in [0.05, 0.1) is 10.0 Å². The lowest BCUT2D eigenvalue weighted by molar-refractivity contribution is 0.0713. The second-order valence-corrected chi connectivity index (χ2v) is 6.58. The van der Waals surface area contributed by atoms with Gasteiger partial charge in [-0.2, -0.15) is 0 Å². The molecular formula is C18H17Cl2NO2. The molecule has 1 fully saturated rings. The highest BCUT2D eigenvalue weighted by Gasteiger charge is 2.25. The van der Waals surface area contributed by atoms with E-state index in [1.165, 1.54) is 17.7 Å². The molecule has 0 radical (unpaired) electrons. The van der Waals surface area contributed by atoms with Gasteiger partial charge in [-0.3, -0.25) is 4.79 Å². The number of hydrogen-bond acceptors (Lipinski definition) is 2. The normalized spacial score (nSPS) is 15.7. The van der Waals surface area contributed by atoms with Crippen LogP contribution in [0.1, 0.15) is 34.7 Å². The molecule has 0 aromatic heterocycles. The number of aromatic hydroxyl groups is 1. The summed E-state index contributed by atoms with van der Waals surface area (Å²) in [7, 11) is 0. The van der Waals surface area contributed by atoms with Gasteiger partial charge >= 0.3 is 0 Å². The zero-order valence-electron chi connectivity index (χ0n) is 12.5. The van der Waals surface area contributed by atoms with E-state index >= 15 is 0 Å². The van der Waals surface area contributed by atoms with Crippen molar-refractivity contribution in [2.45, 2.75) is 18.8 Å². The minimum absolute atomic E-state index is 0.0969. The zero-order chi connectivity index (χ0) is 16.4. The van der Waals surface area contributed by atoms with Crippen LogP contribution in [0.4, 0.5) is 0 Å². The second kappa shape index (κ2) is 6.81. The average Bonchev–Trinajstić information content (AvgIpc) is 2.59. The molecule has 1 N–H and O–H groups in total. The van der Waals surface area contributed by atoms with Crippen LogP contribution >= 0.6 is 23.2 Å². The predicted octanol–water partition coefficient (Wildman–Crippen LogP) is 4.72. The summed E-state index contributed by atoms with van der Waals surface area (Å²) in [6, 6.07) is 13.3. The maximum atomic E-state index is 12.6. The van der Waals surface area contributed by atoms with E-state index < -0.39 is 0 Å². The van der Waals surface area contributed by atoms with E-state index in [1.807, 2.05) is 23.1 Å². The quantitative estimate of drug-likeness (QED) is 0.852. The van der Waals surface area contributed by atoms with Crippen molar-refractivity contribution in [2.24, 2.45) is 0 Å². The SMILES string of the molecule is O=C(c1cc(Cl)c(O)c(Cl)c1)N1CCC(c2ccccc2)CC1. The van der Waals surface area contributed by atoms with E-state index in [1.54, 1.807) is 0 Å². The standard InChI is InChI=1S/C18H17Cl2NO2/c19-15-10-14(11-16(20)17(15)22)18(23)21-8-6-13(7-9-21)12-4-2-1-3-5-12/h1-5,10-11,13,22H,6-9H2. The summed E-state index contributed by atoms with van der Waals surface area (Å²) >= 11 is 11.8. The Morgan fingerprint density at radius 1 is 1.04 bits per heavy atom. The summed E-state index contributed by atoms with van der Waals surface area (Å²) in [5.74, 6) is 0.209. The predicted molar refractivity (Wildman–Crippen MR) is 92.4 cm³/mol. The zero-order valence-corrected chi connectivity index (χ0v) is 14.0. The van der Waals surface area contributed by atoms with E-state index in [2.05, 4.69) is 12.1 Å². The molecule has 1 heterocycles. The molecule has 1 aliphatic rings. The minimum atomic E-state index is -0.187. The molecule has 3 rings (SSSR count). The molecule has 120 valence electrons. The van der Waals surface area contributed by atoms with Crippen molar-refractivity contribution in [3.63, 3.8) is 0 Å². The summed E-state index contributed by atoms with van der Waals surface area (Å²) in [4.78, 5) is 14.4. The third-order valence-corrected chi connectivity index (χ3v) is 4.89. The van der Waals surface area contributed by atoms with Crippen LogP contribution in [-0.4, -0.2) is 29.0 Å². The Kier molecular flexibility index (Phi) is 4.79. The maximum absolute atomic E-state index is 12.6. The molecule has 0 spiro atoms. The molecule has 3 nitrogen and oxygen atoms in total. The van der Waals surface area contributed by atoms with Crippen LogP contribution in [0.2, 0.25) is 10.0 Å². The van der Waals surface area contributed by atoms with E-state index in [-0.39, 0.29) is 21.7 Å². The van der Waals surface area contributed by atoms with Gasteiger partial charge in [-0.1, -0.05) is 53.5 Å². The fourth-order valence-corrected chi connectivity index (χ4v) is 3.50. The number of piperidine rings is 1. The lowest BCUT2D eigenvalue weighted by Crippen LogP contribution is -2.37. The van der Waals surface area contributed by atoms with Gasteiger partial charge in [0.2, 0.25) is 0 Å². The molecule has 2 aromatic carbocycles. The van der Waals surface area contributed by atoms with Crippen molar-refractivity contribution in [1.82, 2.24) is 4.90 Å². The third-order valence-electron chi connectivity index (χ3n) is 4.32. The van der Waals surface area contributed by atoms with Crippen molar-refractivity contribution in [1.29, 1.82) is 0 Å². The molecule has 2 aromatic rings. The monoisotopic (exact) mass is 349 g/mol. The van der Waals surface area contributed by atoms with E-state index in [0.717, 1.165) is 12.8 Å². The van der Waals surface area contributed by atoms with E-state index in [0.29, 0.717) is 24.6 Å². The highest BCUT2D eigenvalue weighted by molar-refractivity contribution is 6.37. The minimum Gasteiger partial charge on any atom is -0.505 e. The molecule has 5 heteroatoms. The van der Waals surface area contributed by atoms with Crippen molar-refractivity contribution >= 4 is 29.1 Å². The van der Waals surface area contributed by atoms with Gasteiger partial charge < -0.3 is 10.0 Å². The highest BCUT2D eigenvalue weighted by atomic mass is 35.5. The topological polar surface area (TPSA) is 40.5 Å². The Morgan fingerprint density at radius 3 is 2.17 bits per heavy atom. The molecule has 23 heavy (non-hydrogen) atoms. The fourth-order valence-electron chi connectivity index (χ4n) is 3.01. The van der Waals surface area contributed by atoms with Crippen LogP contribution in [0.3, 0.4) is 0 Å². The number of nitrogens with zero attached hydrogens (tertiary/aromatic N) is 1. The van der Waals surface area contributed by atoms with Crippen molar-refractivity contribution in [2.75, 3.05) is 13.1 Å². The second-order valence-electron chi connectivity index (χ2n) is 5.77. The lowest BCUT2D eigenvalue weighted by atomic mass is 9.89. The summed E-state index contributed by atoms with van der Waals surface area (Å²) < 4.78 is 0. The summed E-state index contributed by atoms with van der Waals surface area (Å²) in [5, 5.41) is 9.79. The van der Waals surface area contributed by atoms with Crippen LogP contribution in [-0.2, 0) is 0 Å². The number of phenols is 1. The number of benzene rings is 2. The number of halogens is 2. The first-order chi connectivity index (χ1) is 11.1. The molecule has 1 amide bonds. The Bertz CT molecular complexity index is 687. The van der Waals surface area contributed by atoms with Gasteiger partial charge in [0.1, 0.15) is 0 Å². The molecular weight excluding hydrogens is 333 g/mol. The molecule has 0 aliphatic carbocycles. The largest absolute Gasteiger partial charge is 0.505 e. The van der Waals surface area contributed by atoms with Crippen molar-refractivity contribution in [3.05, 3.63) is 63.6 Å². The summed E-state index contributed by atoms with van der Waals surface area (Å²) in [6.07, 6.45) is 1.88. The Hall–Kier alpha value is -1.71. The number of rotatable bonds is 2. The van der Waals surface area contributed by atoms with Gasteiger partial charge in [0.15, 0.2) is 5.75 Å². The van der Waals surface area contributed by atoms with Crippen LogP contribution in [0, 0.1) is 0 Å².